The van der Waals surface area contributed by atoms with Crippen LogP contribution in [0.1, 0.15) is 0 Å². The number of rotatable bonds is 5. The number of hydrogen-bond acceptors (Lipinski definition) is 6. The van der Waals surface area contributed by atoms with E-state index in [1.807, 2.05) is 18.2 Å². The summed E-state index contributed by atoms with van der Waals surface area (Å²) in [6.07, 6.45) is 1.65. The quantitative estimate of drug-likeness (QED) is 0.863. The summed E-state index contributed by atoms with van der Waals surface area (Å²) in [4.78, 5) is 11.0. The van der Waals surface area contributed by atoms with Gasteiger partial charge >= 0.3 is 0 Å². The van der Waals surface area contributed by atoms with Crippen molar-refractivity contribution in [3.8, 4) is 11.6 Å². The fraction of sp³-hybridized carbons (Fsp3) is 0.429. The highest BCUT2D eigenvalue weighted by Gasteiger charge is 2.22. The van der Waals surface area contributed by atoms with E-state index in [9.17, 15) is 0 Å². The lowest BCUT2D eigenvalue weighted by atomic mass is 10.1. The van der Waals surface area contributed by atoms with Crippen molar-refractivity contribution in [1.29, 1.82) is 0 Å². The van der Waals surface area contributed by atoms with Crippen LogP contribution in [0, 0.1) is 0 Å². The largest absolute Gasteiger partial charge is 0.497 e. The van der Waals surface area contributed by atoms with Crippen LogP contribution in [0.2, 0.25) is 0 Å². The molecule has 0 radical (unpaired) electrons. The van der Waals surface area contributed by atoms with E-state index >= 15 is 0 Å². The van der Waals surface area contributed by atoms with Crippen LogP contribution < -0.4 is 15.2 Å². The number of likely N-dealkylation sites (tertiary alicyclic amines) is 1. The maximum absolute atomic E-state index is 5.72. The second-order valence-electron chi connectivity index (χ2n) is 4.93. The standard InChI is InChI=1S/C14H18N4O2/c1-19-11-2-3-12-13(6-11)17-14(7-16-12)20-5-4-18-8-10(15)9-18/h2-3,6-7,10H,4-5,8-9,15H2,1H3. The zero-order chi connectivity index (χ0) is 13.9. The lowest BCUT2D eigenvalue weighted by Crippen LogP contribution is -2.56. The Kier molecular flexibility index (Phi) is 3.66. The zero-order valence-electron chi connectivity index (χ0n) is 11.5. The maximum atomic E-state index is 5.72. The molecule has 0 saturated carbocycles. The Morgan fingerprint density at radius 1 is 1.35 bits per heavy atom. The SMILES string of the molecule is COc1ccc2ncc(OCCN3CC(N)C3)nc2c1. The van der Waals surface area contributed by atoms with E-state index in [0.717, 1.165) is 36.4 Å². The van der Waals surface area contributed by atoms with Crippen LogP contribution in [0.15, 0.2) is 24.4 Å². The summed E-state index contributed by atoms with van der Waals surface area (Å²) in [7, 11) is 1.63. The highest BCUT2D eigenvalue weighted by molar-refractivity contribution is 5.76. The topological polar surface area (TPSA) is 73.5 Å². The van der Waals surface area contributed by atoms with Gasteiger partial charge in [0.25, 0.3) is 0 Å². The molecular weight excluding hydrogens is 256 g/mol. The molecule has 20 heavy (non-hydrogen) atoms. The van der Waals surface area contributed by atoms with Gasteiger partial charge in [0.15, 0.2) is 0 Å². The van der Waals surface area contributed by atoms with E-state index in [4.69, 9.17) is 15.2 Å². The molecule has 2 aromatic rings. The van der Waals surface area contributed by atoms with Crippen molar-refractivity contribution in [3.05, 3.63) is 24.4 Å². The van der Waals surface area contributed by atoms with Crippen LogP contribution in [0.3, 0.4) is 0 Å². The number of nitrogens with two attached hydrogens (primary N) is 1. The second kappa shape index (κ2) is 5.60. The molecule has 1 fully saturated rings. The molecule has 0 unspecified atom stereocenters. The summed E-state index contributed by atoms with van der Waals surface area (Å²) in [6, 6.07) is 5.92. The first-order chi connectivity index (χ1) is 9.74. The van der Waals surface area contributed by atoms with Gasteiger partial charge in [0.1, 0.15) is 12.4 Å². The van der Waals surface area contributed by atoms with Crippen molar-refractivity contribution < 1.29 is 9.47 Å². The minimum Gasteiger partial charge on any atom is -0.497 e. The molecule has 0 amide bonds. The van der Waals surface area contributed by atoms with Crippen molar-refractivity contribution in [2.75, 3.05) is 33.4 Å². The number of methoxy groups -OCH3 is 1. The Morgan fingerprint density at radius 3 is 2.95 bits per heavy atom. The van der Waals surface area contributed by atoms with Gasteiger partial charge in [-0.2, -0.15) is 0 Å². The molecule has 1 saturated heterocycles. The summed E-state index contributed by atoms with van der Waals surface area (Å²) in [5.41, 5.74) is 7.32. The van der Waals surface area contributed by atoms with Crippen LogP contribution in [0.5, 0.6) is 11.6 Å². The Hall–Kier alpha value is -1.92. The number of nitrogens with zero attached hydrogens (tertiary/aromatic N) is 3. The third kappa shape index (κ3) is 2.81. The summed E-state index contributed by atoms with van der Waals surface area (Å²) >= 11 is 0. The zero-order valence-corrected chi connectivity index (χ0v) is 11.5. The van der Waals surface area contributed by atoms with Gasteiger partial charge in [-0.3, -0.25) is 4.90 Å². The molecule has 0 bridgehead atoms. The van der Waals surface area contributed by atoms with Crippen LogP contribution in [-0.2, 0) is 0 Å². The molecule has 1 aromatic carbocycles. The first-order valence-electron chi connectivity index (χ1n) is 6.66. The molecule has 0 spiro atoms. The lowest BCUT2D eigenvalue weighted by Gasteiger charge is -2.36. The third-order valence-electron chi connectivity index (χ3n) is 3.37. The van der Waals surface area contributed by atoms with E-state index in [1.54, 1.807) is 13.3 Å². The van der Waals surface area contributed by atoms with Gasteiger partial charge in [-0.25, -0.2) is 9.97 Å². The molecule has 0 aliphatic carbocycles. The van der Waals surface area contributed by atoms with Crippen molar-refractivity contribution in [1.82, 2.24) is 14.9 Å². The Morgan fingerprint density at radius 2 is 2.20 bits per heavy atom. The Bertz CT molecular complexity index is 599. The first kappa shape index (κ1) is 13.1. The van der Waals surface area contributed by atoms with Crippen molar-refractivity contribution in [3.63, 3.8) is 0 Å². The molecule has 1 aliphatic heterocycles. The third-order valence-corrected chi connectivity index (χ3v) is 3.37. The molecule has 2 N–H and O–H groups in total. The monoisotopic (exact) mass is 274 g/mol. The molecule has 1 aliphatic rings. The molecule has 1 aromatic heterocycles. The Labute approximate surface area is 117 Å². The van der Waals surface area contributed by atoms with Gasteiger partial charge in [0, 0.05) is 31.7 Å². The summed E-state index contributed by atoms with van der Waals surface area (Å²) in [5.74, 6) is 1.30. The lowest BCUT2D eigenvalue weighted by molar-refractivity contribution is 0.123. The first-order valence-corrected chi connectivity index (χ1v) is 6.66. The predicted octanol–water partition coefficient (Wildman–Crippen LogP) is 0.660. The molecule has 6 heteroatoms. The fourth-order valence-electron chi connectivity index (χ4n) is 2.24. The number of ether oxygens (including phenoxy) is 2. The van der Waals surface area contributed by atoms with E-state index < -0.39 is 0 Å². The molecule has 2 heterocycles. The van der Waals surface area contributed by atoms with Gasteiger partial charge in [-0.15, -0.1) is 0 Å². The highest BCUT2D eigenvalue weighted by atomic mass is 16.5. The molecular formula is C14H18N4O2. The van der Waals surface area contributed by atoms with Crippen LogP contribution in [0.4, 0.5) is 0 Å². The number of hydrogen-bond donors (Lipinski definition) is 1. The summed E-state index contributed by atoms with van der Waals surface area (Å²) in [5, 5.41) is 0. The maximum Gasteiger partial charge on any atom is 0.232 e. The summed E-state index contributed by atoms with van der Waals surface area (Å²) in [6.45, 7) is 3.36. The van der Waals surface area contributed by atoms with Gasteiger partial charge in [0.2, 0.25) is 5.88 Å². The van der Waals surface area contributed by atoms with E-state index in [1.165, 1.54) is 0 Å². The highest BCUT2D eigenvalue weighted by Crippen LogP contribution is 2.19. The number of benzene rings is 1. The van der Waals surface area contributed by atoms with Crippen molar-refractivity contribution in [2.24, 2.45) is 5.73 Å². The number of aromatic nitrogens is 2. The minimum absolute atomic E-state index is 0.322. The number of fused-ring (bicyclic) bond motifs is 1. The van der Waals surface area contributed by atoms with E-state index in [-0.39, 0.29) is 0 Å². The van der Waals surface area contributed by atoms with Crippen LogP contribution in [0.25, 0.3) is 11.0 Å². The molecule has 6 nitrogen and oxygen atoms in total. The minimum atomic E-state index is 0.322. The molecule has 3 rings (SSSR count). The van der Waals surface area contributed by atoms with Gasteiger partial charge < -0.3 is 15.2 Å². The van der Waals surface area contributed by atoms with Crippen LogP contribution in [-0.4, -0.2) is 54.3 Å². The fourth-order valence-corrected chi connectivity index (χ4v) is 2.24. The summed E-state index contributed by atoms with van der Waals surface area (Å²) < 4.78 is 10.8. The second-order valence-corrected chi connectivity index (χ2v) is 4.93. The molecule has 0 atom stereocenters. The molecule has 106 valence electrons. The van der Waals surface area contributed by atoms with E-state index in [2.05, 4.69) is 14.9 Å². The smallest absolute Gasteiger partial charge is 0.232 e. The predicted molar refractivity (Wildman–Crippen MR) is 76.0 cm³/mol. The Balaban J connectivity index is 1.62. The average Bonchev–Trinajstić information content (AvgIpc) is 2.44. The van der Waals surface area contributed by atoms with E-state index in [0.29, 0.717) is 18.5 Å². The normalized spacial score (nSPS) is 16.1. The van der Waals surface area contributed by atoms with Gasteiger partial charge in [0.05, 0.1) is 24.3 Å². The average molecular weight is 274 g/mol. The van der Waals surface area contributed by atoms with Crippen LogP contribution >= 0.6 is 0 Å². The van der Waals surface area contributed by atoms with Crippen molar-refractivity contribution >= 4 is 11.0 Å². The van der Waals surface area contributed by atoms with Gasteiger partial charge in [-0.1, -0.05) is 0 Å². The van der Waals surface area contributed by atoms with Gasteiger partial charge in [-0.05, 0) is 12.1 Å². The van der Waals surface area contributed by atoms with Crippen molar-refractivity contribution in [2.45, 2.75) is 6.04 Å².